The molecule has 0 bridgehead atoms. The van der Waals surface area contributed by atoms with Gasteiger partial charge in [-0.15, -0.1) is 0 Å². The number of ether oxygens (including phenoxy) is 2. The molecule has 3 amide bonds. The van der Waals surface area contributed by atoms with Crippen molar-refractivity contribution in [2.75, 3.05) is 12.1 Å². The normalized spacial score (nSPS) is 15.5. The van der Waals surface area contributed by atoms with Gasteiger partial charge in [0.15, 0.2) is 11.5 Å². The lowest BCUT2D eigenvalue weighted by Crippen LogP contribution is -2.27. The number of thioether (sulfide) groups is 1. The van der Waals surface area contributed by atoms with E-state index in [1.165, 1.54) is 12.1 Å². The van der Waals surface area contributed by atoms with E-state index >= 15 is 0 Å². The minimum Gasteiger partial charge on any atom is -0.454 e. The first-order chi connectivity index (χ1) is 18.9. The van der Waals surface area contributed by atoms with E-state index in [1.54, 1.807) is 35.0 Å². The van der Waals surface area contributed by atoms with E-state index < -0.39 is 17.0 Å². The van der Waals surface area contributed by atoms with Gasteiger partial charge in [0.2, 0.25) is 12.7 Å². The average molecular weight is 564 g/mol. The van der Waals surface area contributed by atoms with Crippen molar-refractivity contribution in [3.8, 4) is 11.5 Å². The van der Waals surface area contributed by atoms with Crippen LogP contribution in [0.4, 0.5) is 14.9 Å². The highest BCUT2D eigenvalue weighted by Gasteiger charge is 2.35. The van der Waals surface area contributed by atoms with Gasteiger partial charge >= 0.3 is 0 Å². The standard InChI is InChI=1S/C28H19ClFN3O5S/c29-21-10-18(30)6-5-16(21)13-33-27(35)25(39-28(33)36)9-17-12-32(22-4-2-1-3-20(17)22)14-26(34)31-19-7-8-23-24(11-19)38-15-37-23/h1-12H,13-15H2,(H,31,34)/b25-9+. The molecule has 6 rings (SSSR count). The molecule has 196 valence electrons. The lowest BCUT2D eigenvalue weighted by molar-refractivity contribution is -0.123. The molecule has 2 aliphatic rings. The number of hydrogen-bond donors (Lipinski definition) is 1. The average Bonchev–Trinajstić information content (AvgIpc) is 3.58. The highest BCUT2D eigenvalue weighted by atomic mass is 35.5. The molecule has 0 radical (unpaired) electrons. The summed E-state index contributed by atoms with van der Waals surface area (Å²) in [5.74, 6) is -0.0319. The number of para-hydroxylation sites is 1. The molecule has 1 N–H and O–H groups in total. The molecule has 0 atom stereocenters. The third-order valence-electron chi connectivity index (χ3n) is 6.29. The first-order valence-corrected chi connectivity index (χ1v) is 13.0. The van der Waals surface area contributed by atoms with Crippen molar-refractivity contribution in [3.05, 3.63) is 93.7 Å². The second-order valence-electron chi connectivity index (χ2n) is 8.85. The largest absolute Gasteiger partial charge is 0.454 e. The minimum atomic E-state index is -0.501. The zero-order chi connectivity index (χ0) is 27.1. The van der Waals surface area contributed by atoms with Crippen LogP contribution in [0.3, 0.4) is 0 Å². The SMILES string of the molecule is O=C(Cn1cc(/C=C2/SC(=O)N(Cc3ccc(F)cc3Cl)C2=O)c2ccccc21)Nc1ccc2c(c1)OCO2. The summed E-state index contributed by atoms with van der Waals surface area (Å²) in [5, 5.41) is 3.38. The molecule has 0 unspecified atom stereocenters. The number of halogens is 2. The van der Waals surface area contributed by atoms with E-state index in [-0.39, 0.29) is 35.7 Å². The summed E-state index contributed by atoms with van der Waals surface area (Å²) in [5.41, 5.74) is 2.52. The lowest BCUT2D eigenvalue weighted by atomic mass is 10.1. The molecule has 2 aliphatic heterocycles. The van der Waals surface area contributed by atoms with Gasteiger partial charge < -0.3 is 19.4 Å². The van der Waals surface area contributed by atoms with Gasteiger partial charge in [0.25, 0.3) is 11.1 Å². The summed E-state index contributed by atoms with van der Waals surface area (Å²) in [6.45, 7) is 0.0980. The second kappa shape index (κ2) is 10.1. The van der Waals surface area contributed by atoms with Crippen molar-refractivity contribution in [2.24, 2.45) is 0 Å². The molecule has 0 aliphatic carbocycles. The molecule has 0 spiro atoms. The number of anilines is 1. The number of nitrogens with zero attached hydrogens (tertiary/aromatic N) is 2. The Balaban J connectivity index is 1.23. The van der Waals surface area contributed by atoms with Crippen molar-refractivity contribution in [1.29, 1.82) is 0 Å². The topological polar surface area (TPSA) is 89.9 Å². The van der Waals surface area contributed by atoms with Crippen LogP contribution >= 0.6 is 23.4 Å². The van der Waals surface area contributed by atoms with E-state index in [0.29, 0.717) is 28.3 Å². The fourth-order valence-electron chi connectivity index (χ4n) is 4.45. The maximum Gasteiger partial charge on any atom is 0.293 e. The van der Waals surface area contributed by atoms with Crippen LogP contribution in [0.25, 0.3) is 17.0 Å². The lowest BCUT2D eigenvalue weighted by Gasteiger charge is -2.13. The van der Waals surface area contributed by atoms with E-state index in [0.717, 1.165) is 33.6 Å². The Bertz CT molecular complexity index is 1700. The number of carbonyl (C=O) groups excluding carboxylic acids is 3. The zero-order valence-corrected chi connectivity index (χ0v) is 21.7. The highest BCUT2D eigenvalue weighted by molar-refractivity contribution is 8.18. The van der Waals surface area contributed by atoms with Crippen LogP contribution in [-0.2, 0) is 22.7 Å². The Morgan fingerprint density at radius 1 is 1.08 bits per heavy atom. The number of benzene rings is 3. The molecule has 8 nitrogen and oxygen atoms in total. The zero-order valence-electron chi connectivity index (χ0n) is 20.1. The Labute approximate surface area is 230 Å². The van der Waals surface area contributed by atoms with Gasteiger partial charge in [0.05, 0.1) is 11.4 Å². The number of nitrogens with one attached hydrogen (secondary N) is 1. The van der Waals surface area contributed by atoms with Crippen molar-refractivity contribution in [1.82, 2.24) is 9.47 Å². The van der Waals surface area contributed by atoms with E-state index in [9.17, 15) is 18.8 Å². The first-order valence-electron chi connectivity index (χ1n) is 11.8. The number of carbonyl (C=O) groups is 3. The Hall–Kier alpha value is -4.28. The van der Waals surface area contributed by atoms with Crippen molar-refractivity contribution < 1.29 is 28.2 Å². The quantitative estimate of drug-likeness (QED) is 0.288. The molecular formula is C28H19ClFN3O5S. The van der Waals surface area contributed by atoms with Crippen LogP contribution < -0.4 is 14.8 Å². The number of fused-ring (bicyclic) bond motifs is 2. The fraction of sp³-hybridized carbons (Fsp3) is 0.107. The van der Waals surface area contributed by atoms with Crippen LogP contribution in [-0.4, -0.2) is 33.3 Å². The third kappa shape index (κ3) is 4.96. The molecular weight excluding hydrogens is 545 g/mol. The van der Waals surface area contributed by atoms with Gasteiger partial charge in [-0.1, -0.05) is 35.9 Å². The van der Waals surface area contributed by atoms with Gasteiger partial charge in [-0.25, -0.2) is 4.39 Å². The number of rotatable bonds is 6. The number of imide groups is 1. The minimum absolute atomic E-state index is 0.0212. The monoisotopic (exact) mass is 563 g/mol. The summed E-state index contributed by atoms with van der Waals surface area (Å²) >= 11 is 6.92. The Morgan fingerprint density at radius 2 is 1.90 bits per heavy atom. The van der Waals surface area contributed by atoms with Gasteiger partial charge in [0, 0.05) is 39.4 Å². The summed E-state index contributed by atoms with van der Waals surface area (Å²) < 4.78 is 25.9. The Morgan fingerprint density at radius 3 is 2.74 bits per heavy atom. The molecule has 3 heterocycles. The molecule has 1 fully saturated rings. The maximum atomic E-state index is 13.4. The third-order valence-corrected chi connectivity index (χ3v) is 7.55. The predicted molar refractivity (Wildman–Crippen MR) is 146 cm³/mol. The molecule has 1 saturated heterocycles. The summed E-state index contributed by atoms with van der Waals surface area (Å²) in [6, 6.07) is 16.5. The Kier molecular flexibility index (Phi) is 6.49. The van der Waals surface area contributed by atoms with Crippen LogP contribution in [0.2, 0.25) is 5.02 Å². The molecule has 11 heteroatoms. The van der Waals surface area contributed by atoms with Crippen molar-refractivity contribution in [2.45, 2.75) is 13.1 Å². The summed E-state index contributed by atoms with van der Waals surface area (Å²) in [6.07, 6.45) is 3.42. The molecule has 39 heavy (non-hydrogen) atoms. The number of amides is 3. The number of hydrogen-bond acceptors (Lipinski definition) is 6. The van der Waals surface area contributed by atoms with Crippen LogP contribution in [0.15, 0.2) is 71.8 Å². The van der Waals surface area contributed by atoms with Crippen LogP contribution in [0.1, 0.15) is 11.1 Å². The van der Waals surface area contributed by atoms with Gasteiger partial charge in [-0.2, -0.15) is 0 Å². The fourth-order valence-corrected chi connectivity index (χ4v) is 5.50. The van der Waals surface area contributed by atoms with Crippen molar-refractivity contribution in [3.63, 3.8) is 0 Å². The predicted octanol–water partition coefficient (Wildman–Crippen LogP) is 6.04. The molecule has 0 saturated carbocycles. The first kappa shape index (κ1) is 25.0. The van der Waals surface area contributed by atoms with E-state index in [4.69, 9.17) is 21.1 Å². The van der Waals surface area contributed by atoms with Crippen molar-refractivity contribution >= 4 is 63.1 Å². The van der Waals surface area contributed by atoms with E-state index in [2.05, 4.69) is 5.32 Å². The highest BCUT2D eigenvalue weighted by Crippen LogP contribution is 2.36. The van der Waals surface area contributed by atoms with Crippen LogP contribution in [0, 0.1) is 5.82 Å². The summed E-state index contributed by atoms with van der Waals surface area (Å²) in [4.78, 5) is 40.0. The molecule has 1 aromatic heterocycles. The van der Waals surface area contributed by atoms with Crippen LogP contribution in [0.5, 0.6) is 11.5 Å². The van der Waals surface area contributed by atoms with Gasteiger partial charge in [0.1, 0.15) is 12.4 Å². The summed E-state index contributed by atoms with van der Waals surface area (Å²) in [7, 11) is 0. The molecule has 3 aromatic carbocycles. The van der Waals surface area contributed by atoms with Gasteiger partial charge in [-0.05, 0) is 53.7 Å². The van der Waals surface area contributed by atoms with Gasteiger partial charge in [-0.3, -0.25) is 19.3 Å². The smallest absolute Gasteiger partial charge is 0.293 e. The second-order valence-corrected chi connectivity index (χ2v) is 10.2. The molecule has 4 aromatic rings. The maximum absolute atomic E-state index is 13.4. The van der Waals surface area contributed by atoms with E-state index in [1.807, 2.05) is 24.3 Å². The number of aromatic nitrogens is 1.